The summed E-state index contributed by atoms with van der Waals surface area (Å²) in [4.78, 5) is 38.2. The molecule has 2 bridgehead atoms. The Morgan fingerprint density at radius 3 is 2.04 bits per heavy atom. The first-order valence-electron chi connectivity index (χ1n) is 8.91. The lowest BCUT2D eigenvalue weighted by atomic mass is 9.77. The fourth-order valence-corrected chi connectivity index (χ4v) is 4.54. The number of nitrogens with zero attached hydrogens (tertiary/aromatic N) is 2. The molecule has 0 heterocycles. The van der Waals surface area contributed by atoms with Crippen LogP contribution in [-0.4, -0.2) is 42.1 Å². The second kappa shape index (κ2) is 7.07. The van der Waals surface area contributed by atoms with Crippen molar-refractivity contribution in [3.05, 3.63) is 24.3 Å². The molecule has 1 aromatic rings. The molecule has 2 aliphatic carbocycles. The number of carbonyl (C=O) groups excluding carboxylic acids is 3. The van der Waals surface area contributed by atoms with E-state index < -0.39 is 11.8 Å². The summed E-state index contributed by atoms with van der Waals surface area (Å²) in [6, 6.07) is 7.02. The fourth-order valence-electron chi connectivity index (χ4n) is 4.54. The lowest BCUT2D eigenvalue weighted by molar-refractivity contribution is -0.169. The third kappa shape index (κ3) is 3.31. The van der Waals surface area contributed by atoms with Gasteiger partial charge in [-0.05, 0) is 55.4 Å². The molecule has 2 fully saturated rings. The second-order valence-corrected chi connectivity index (χ2v) is 7.37. The molecule has 0 saturated heterocycles. The first-order chi connectivity index (χ1) is 12.3. The monoisotopic (exact) mass is 359 g/mol. The highest BCUT2D eigenvalue weighted by Crippen LogP contribution is 2.53. The normalized spacial score (nSPS) is 26.5. The molecule has 7 heteroatoms. The van der Waals surface area contributed by atoms with Crippen molar-refractivity contribution in [2.24, 2.45) is 23.7 Å². The van der Waals surface area contributed by atoms with E-state index in [1.807, 2.05) is 0 Å². The molecule has 0 aliphatic heterocycles. The van der Waals surface area contributed by atoms with Crippen molar-refractivity contribution in [3.8, 4) is 0 Å². The van der Waals surface area contributed by atoms with Crippen LogP contribution in [0.5, 0.6) is 0 Å². The molecule has 3 amide bonds. The Balaban J connectivity index is 1.78. The molecule has 4 atom stereocenters. The van der Waals surface area contributed by atoms with Gasteiger partial charge in [-0.15, -0.1) is 0 Å². The van der Waals surface area contributed by atoms with Crippen LogP contribution >= 0.6 is 0 Å². The number of hydrogen-bond donors (Lipinski definition) is 2. The van der Waals surface area contributed by atoms with Gasteiger partial charge in [0.05, 0.1) is 11.8 Å². The zero-order chi connectivity index (χ0) is 19.0. The van der Waals surface area contributed by atoms with Crippen LogP contribution in [0.15, 0.2) is 24.3 Å². The minimum absolute atomic E-state index is 0.0929. The smallest absolute Gasteiger partial charge is 0.249 e. The average molecular weight is 359 g/mol. The van der Waals surface area contributed by atoms with Gasteiger partial charge in [0, 0.05) is 32.4 Å². The van der Waals surface area contributed by atoms with Crippen LogP contribution in [0.3, 0.4) is 0 Å². The van der Waals surface area contributed by atoms with E-state index >= 15 is 0 Å². The molecule has 1 aromatic carbocycles. The third-order valence-electron chi connectivity index (χ3n) is 5.71. The minimum Gasteiger partial charge on any atom is -0.326 e. The first kappa shape index (κ1) is 18.4. The molecule has 2 aliphatic rings. The molecule has 3 rings (SSSR count). The van der Waals surface area contributed by atoms with Crippen molar-refractivity contribution < 1.29 is 19.6 Å². The number of hydroxylamine groups is 2. The Hall–Kier alpha value is -2.41. The summed E-state index contributed by atoms with van der Waals surface area (Å²) < 4.78 is 0. The van der Waals surface area contributed by atoms with Gasteiger partial charge in [-0.25, -0.2) is 5.06 Å². The average Bonchev–Trinajstić information content (AvgIpc) is 3.21. The largest absolute Gasteiger partial charge is 0.326 e. The molecule has 0 radical (unpaired) electrons. The molecule has 2 saturated carbocycles. The number of rotatable bonds is 4. The van der Waals surface area contributed by atoms with E-state index in [0.717, 1.165) is 19.3 Å². The van der Waals surface area contributed by atoms with Gasteiger partial charge in [0.25, 0.3) is 0 Å². The van der Waals surface area contributed by atoms with Crippen molar-refractivity contribution in [3.63, 3.8) is 0 Å². The molecule has 2 N–H and O–H groups in total. The number of fused-ring (bicyclic) bond motifs is 2. The molecule has 3 unspecified atom stereocenters. The maximum absolute atomic E-state index is 13.1. The van der Waals surface area contributed by atoms with Crippen molar-refractivity contribution >= 4 is 29.1 Å². The number of carbonyl (C=O) groups is 3. The van der Waals surface area contributed by atoms with E-state index in [-0.39, 0.29) is 29.6 Å². The van der Waals surface area contributed by atoms with Crippen LogP contribution in [-0.2, 0) is 14.4 Å². The van der Waals surface area contributed by atoms with E-state index in [1.54, 1.807) is 36.2 Å². The summed E-state index contributed by atoms with van der Waals surface area (Å²) in [6.45, 7) is 1.44. The Bertz CT molecular complexity index is 716. The van der Waals surface area contributed by atoms with Crippen molar-refractivity contribution in [1.82, 2.24) is 5.06 Å². The molecule has 140 valence electrons. The van der Waals surface area contributed by atoms with E-state index in [0.29, 0.717) is 16.4 Å². The lowest BCUT2D eigenvalue weighted by Gasteiger charge is -2.33. The van der Waals surface area contributed by atoms with Gasteiger partial charge in [-0.3, -0.25) is 19.6 Å². The number of hydrogen-bond acceptors (Lipinski definition) is 4. The second-order valence-electron chi connectivity index (χ2n) is 7.37. The summed E-state index contributed by atoms with van der Waals surface area (Å²) in [5.74, 6) is -1.09. The van der Waals surface area contributed by atoms with Crippen LogP contribution in [0, 0.1) is 23.7 Å². The van der Waals surface area contributed by atoms with Crippen molar-refractivity contribution in [2.75, 3.05) is 24.3 Å². The Morgan fingerprint density at radius 2 is 1.54 bits per heavy atom. The van der Waals surface area contributed by atoms with Gasteiger partial charge in [0.15, 0.2) is 0 Å². The Kier molecular flexibility index (Phi) is 5.00. The highest BCUT2D eigenvalue weighted by molar-refractivity contribution is 5.98. The van der Waals surface area contributed by atoms with Crippen LogP contribution in [0.25, 0.3) is 0 Å². The highest BCUT2D eigenvalue weighted by Gasteiger charge is 2.55. The number of benzene rings is 1. The number of amides is 3. The minimum atomic E-state index is -0.447. The van der Waals surface area contributed by atoms with Crippen LogP contribution in [0.2, 0.25) is 0 Å². The summed E-state index contributed by atoms with van der Waals surface area (Å²) in [6.07, 6.45) is 2.76. The molecule has 0 spiro atoms. The predicted octanol–water partition coefficient (Wildman–Crippen LogP) is 2.12. The standard InChI is InChI=1S/C19H25N3O4/c1-11(23)20-14-6-8-15(9-7-14)21(2)18(24)16-12-4-5-13(10-12)17(16)19(25)22(3)26/h6-9,12-13,16-17,26H,4-5,10H2,1-3H3,(H,20,23)/t12?,13?,16?,17-/m0/s1. The van der Waals surface area contributed by atoms with Gasteiger partial charge >= 0.3 is 0 Å². The molecule has 26 heavy (non-hydrogen) atoms. The first-order valence-corrected chi connectivity index (χ1v) is 8.91. The lowest BCUT2D eigenvalue weighted by Crippen LogP contribution is -2.45. The van der Waals surface area contributed by atoms with E-state index in [2.05, 4.69) is 5.32 Å². The van der Waals surface area contributed by atoms with Gasteiger partial charge < -0.3 is 10.2 Å². The third-order valence-corrected chi connectivity index (χ3v) is 5.71. The SMILES string of the molecule is CC(=O)Nc1ccc(N(C)C(=O)C2C3CCC(C3)[C@@H]2C(=O)N(C)O)cc1. The Labute approximate surface area is 152 Å². The molecule has 0 aromatic heterocycles. The summed E-state index contributed by atoms with van der Waals surface area (Å²) in [5.41, 5.74) is 1.37. The van der Waals surface area contributed by atoms with Crippen LogP contribution in [0.1, 0.15) is 26.2 Å². The van der Waals surface area contributed by atoms with Gasteiger partial charge in [-0.1, -0.05) is 0 Å². The van der Waals surface area contributed by atoms with E-state index in [4.69, 9.17) is 0 Å². The zero-order valence-corrected chi connectivity index (χ0v) is 15.3. The number of anilines is 2. The maximum Gasteiger partial charge on any atom is 0.249 e. The summed E-state index contributed by atoms with van der Waals surface area (Å²) in [5, 5.41) is 12.9. The van der Waals surface area contributed by atoms with Gasteiger partial charge in [0.1, 0.15) is 0 Å². The summed E-state index contributed by atoms with van der Waals surface area (Å²) in [7, 11) is 3.02. The molecular weight excluding hydrogens is 334 g/mol. The summed E-state index contributed by atoms with van der Waals surface area (Å²) >= 11 is 0. The molecular formula is C19H25N3O4. The van der Waals surface area contributed by atoms with Crippen molar-refractivity contribution in [2.45, 2.75) is 26.2 Å². The van der Waals surface area contributed by atoms with E-state index in [9.17, 15) is 19.6 Å². The van der Waals surface area contributed by atoms with Gasteiger partial charge in [0.2, 0.25) is 17.7 Å². The quantitative estimate of drug-likeness (QED) is 0.636. The fraction of sp³-hybridized carbons (Fsp3) is 0.526. The van der Waals surface area contributed by atoms with Gasteiger partial charge in [-0.2, -0.15) is 0 Å². The molecule has 7 nitrogen and oxygen atoms in total. The van der Waals surface area contributed by atoms with Crippen molar-refractivity contribution in [1.29, 1.82) is 0 Å². The van der Waals surface area contributed by atoms with Crippen LogP contribution in [0.4, 0.5) is 11.4 Å². The Morgan fingerprint density at radius 1 is 1.00 bits per heavy atom. The zero-order valence-electron chi connectivity index (χ0n) is 15.3. The topological polar surface area (TPSA) is 90.0 Å². The van der Waals surface area contributed by atoms with E-state index in [1.165, 1.54) is 14.0 Å². The maximum atomic E-state index is 13.1. The number of nitrogens with one attached hydrogen (secondary N) is 1. The highest BCUT2D eigenvalue weighted by atomic mass is 16.5. The predicted molar refractivity (Wildman–Crippen MR) is 96.5 cm³/mol. The van der Waals surface area contributed by atoms with Crippen LogP contribution < -0.4 is 10.2 Å².